The molecule has 1 aliphatic heterocycles. The molecule has 19 heavy (non-hydrogen) atoms. The summed E-state index contributed by atoms with van der Waals surface area (Å²) >= 11 is 0. The normalized spacial score (nSPS) is 21.2. The molecule has 2 unspecified atom stereocenters. The van der Waals surface area contributed by atoms with Crippen molar-refractivity contribution in [3.8, 4) is 0 Å². The largest absolute Gasteiger partial charge is 0.388 e. The highest BCUT2D eigenvalue weighted by molar-refractivity contribution is 5.17. The highest BCUT2D eigenvalue weighted by atomic mass is 16.5. The first-order chi connectivity index (χ1) is 9.20. The maximum absolute atomic E-state index is 10.4. The molecule has 0 aliphatic carbocycles. The first-order valence-electron chi connectivity index (χ1n) is 7.19. The Morgan fingerprint density at radius 2 is 1.89 bits per heavy atom. The molecule has 1 aromatic carbocycles. The summed E-state index contributed by atoms with van der Waals surface area (Å²) in [5.74, 6) is 0.251. The number of hydrogen-bond acceptors (Lipinski definition) is 3. The van der Waals surface area contributed by atoms with Gasteiger partial charge in [0.2, 0.25) is 0 Å². The minimum absolute atomic E-state index is 0.251. The number of nitrogens with zero attached hydrogens (tertiary/aromatic N) is 1. The number of aliphatic hydroxyl groups is 1. The molecule has 2 atom stereocenters. The average Bonchev–Trinajstić information content (AvgIpc) is 2.48. The minimum atomic E-state index is -0.374. The van der Waals surface area contributed by atoms with Crippen molar-refractivity contribution in [3.63, 3.8) is 0 Å². The molecule has 0 saturated carbocycles. The minimum Gasteiger partial charge on any atom is -0.388 e. The lowest BCUT2D eigenvalue weighted by atomic mass is 9.96. The molecule has 2 rings (SSSR count). The van der Waals surface area contributed by atoms with Crippen LogP contribution in [0.1, 0.15) is 31.4 Å². The molecule has 1 aromatic rings. The zero-order valence-electron chi connectivity index (χ0n) is 12.0. The Kier molecular flexibility index (Phi) is 5.37. The van der Waals surface area contributed by atoms with Crippen molar-refractivity contribution in [1.82, 2.24) is 4.90 Å². The lowest BCUT2D eigenvalue weighted by molar-refractivity contribution is 0.0246. The van der Waals surface area contributed by atoms with Gasteiger partial charge in [-0.2, -0.15) is 0 Å². The SMILES string of the molecule is COC1CCN(CC(C)C(O)c2ccccc2)CC1. The summed E-state index contributed by atoms with van der Waals surface area (Å²) in [6, 6.07) is 9.94. The van der Waals surface area contributed by atoms with Gasteiger partial charge in [-0.3, -0.25) is 0 Å². The predicted octanol–water partition coefficient (Wildman–Crippen LogP) is 2.47. The van der Waals surface area contributed by atoms with Gasteiger partial charge < -0.3 is 14.7 Å². The second kappa shape index (κ2) is 7.04. The third-order valence-corrected chi connectivity index (χ3v) is 4.09. The van der Waals surface area contributed by atoms with Crippen LogP contribution in [0.5, 0.6) is 0 Å². The Morgan fingerprint density at radius 3 is 2.47 bits per heavy atom. The van der Waals surface area contributed by atoms with Gasteiger partial charge in [0.05, 0.1) is 12.2 Å². The van der Waals surface area contributed by atoms with Gasteiger partial charge in [-0.25, -0.2) is 0 Å². The van der Waals surface area contributed by atoms with E-state index in [4.69, 9.17) is 4.74 Å². The van der Waals surface area contributed by atoms with Gasteiger partial charge in [-0.1, -0.05) is 37.3 Å². The number of hydrogen-bond donors (Lipinski definition) is 1. The van der Waals surface area contributed by atoms with Gasteiger partial charge >= 0.3 is 0 Å². The Hall–Kier alpha value is -0.900. The molecule has 1 fully saturated rings. The van der Waals surface area contributed by atoms with E-state index in [1.165, 1.54) is 0 Å². The smallest absolute Gasteiger partial charge is 0.0827 e. The van der Waals surface area contributed by atoms with Crippen LogP contribution in [0.25, 0.3) is 0 Å². The molecule has 0 amide bonds. The standard InChI is InChI=1S/C16H25NO2/c1-13(16(18)14-6-4-3-5-7-14)12-17-10-8-15(19-2)9-11-17/h3-7,13,15-16,18H,8-12H2,1-2H3. The topological polar surface area (TPSA) is 32.7 Å². The van der Waals surface area contributed by atoms with E-state index in [1.807, 2.05) is 30.3 Å². The summed E-state index contributed by atoms with van der Waals surface area (Å²) < 4.78 is 5.39. The number of rotatable bonds is 5. The molecule has 1 aliphatic rings. The predicted molar refractivity (Wildman–Crippen MR) is 77.0 cm³/mol. The third-order valence-electron chi connectivity index (χ3n) is 4.09. The van der Waals surface area contributed by atoms with Gasteiger partial charge in [-0.05, 0) is 24.3 Å². The van der Waals surface area contributed by atoms with Gasteiger partial charge in [-0.15, -0.1) is 0 Å². The summed E-state index contributed by atoms with van der Waals surface area (Å²) in [4.78, 5) is 2.44. The lowest BCUT2D eigenvalue weighted by Crippen LogP contribution is -2.39. The fraction of sp³-hybridized carbons (Fsp3) is 0.625. The van der Waals surface area contributed by atoms with E-state index in [0.717, 1.165) is 38.0 Å². The van der Waals surface area contributed by atoms with Crippen LogP contribution < -0.4 is 0 Å². The second-order valence-electron chi connectivity index (χ2n) is 5.57. The summed E-state index contributed by atoms with van der Waals surface area (Å²) in [5.41, 5.74) is 1.02. The molecular formula is C16H25NO2. The van der Waals surface area contributed by atoms with Crippen LogP contribution in [-0.4, -0.2) is 42.9 Å². The van der Waals surface area contributed by atoms with Crippen molar-refractivity contribution >= 4 is 0 Å². The van der Waals surface area contributed by atoms with Gasteiger partial charge in [0, 0.05) is 26.7 Å². The fourth-order valence-electron chi connectivity index (χ4n) is 2.81. The summed E-state index contributed by atoms with van der Waals surface area (Å²) in [5, 5.41) is 10.4. The number of benzene rings is 1. The number of piperidine rings is 1. The van der Waals surface area contributed by atoms with Crippen LogP contribution in [0.2, 0.25) is 0 Å². The molecular weight excluding hydrogens is 238 g/mol. The van der Waals surface area contributed by atoms with E-state index >= 15 is 0 Å². The first kappa shape index (κ1) is 14.5. The molecule has 1 heterocycles. The molecule has 1 saturated heterocycles. The number of likely N-dealkylation sites (tertiary alicyclic amines) is 1. The molecule has 0 radical (unpaired) electrons. The lowest BCUT2D eigenvalue weighted by Gasteiger charge is -2.34. The summed E-state index contributed by atoms with van der Waals surface area (Å²) in [7, 11) is 1.79. The van der Waals surface area contributed by atoms with Gasteiger partial charge in [0.25, 0.3) is 0 Å². The van der Waals surface area contributed by atoms with Crippen molar-refractivity contribution < 1.29 is 9.84 Å². The van der Waals surface area contributed by atoms with Crippen LogP contribution in [0.3, 0.4) is 0 Å². The van der Waals surface area contributed by atoms with E-state index in [2.05, 4.69) is 11.8 Å². The zero-order valence-corrected chi connectivity index (χ0v) is 12.0. The molecule has 3 nitrogen and oxygen atoms in total. The van der Waals surface area contributed by atoms with Crippen LogP contribution in [0.4, 0.5) is 0 Å². The Morgan fingerprint density at radius 1 is 1.26 bits per heavy atom. The van der Waals surface area contributed by atoms with E-state index in [-0.39, 0.29) is 12.0 Å². The Balaban J connectivity index is 1.83. The summed E-state index contributed by atoms with van der Waals surface area (Å²) in [6.45, 7) is 5.22. The molecule has 3 heteroatoms. The van der Waals surface area contributed by atoms with E-state index in [1.54, 1.807) is 7.11 Å². The van der Waals surface area contributed by atoms with E-state index in [0.29, 0.717) is 6.10 Å². The maximum Gasteiger partial charge on any atom is 0.0827 e. The van der Waals surface area contributed by atoms with E-state index in [9.17, 15) is 5.11 Å². The van der Waals surface area contributed by atoms with E-state index < -0.39 is 0 Å². The second-order valence-corrected chi connectivity index (χ2v) is 5.57. The molecule has 0 aromatic heterocycles. The van der Waals surface area contributed by atoms with Crippen molar-refractivity contribution in [2.24, 2.45) is 5.92 Å². The van der Waals surface area contributed by atoms with Crippen LogP contribution in [0, 0.1) is 5.92 Å². The molecule has 1 N–H and O–H groups in total. The van der Waals surface area contributed by atoms with Crippen molar-refractivity contribution in [2.75, 3.05) is 26.7 Å². The van der Waals surface area contributed by atoms with Crippen LogP contribution in [0.15, 0.2) is 30.3 Å². The molecule has 106 valence electrons. The average molecular weight is 263 g/mol. The quantitative estimate of drug-likeness (QED) is 0.886. The number of ether oxygens (including phenoxy) is 1. The van der Waals surface area contributed by atoms with Crippen LogP contribution in [-0.2, 0) is 4.74 Å². The summed E-state index contributed by atoms with van der Waals surface area (Å²) in [6.07, 6.45) is 2.25. The first-order valence-corrected chi connectivity index (χ1v) is 7.19. The van der Waals surface area contributed by atoms with Crippen LogP contribution >= 0.6 is 0 Å². The van der Waals surface area contributed by atoms with Gasteiger partial charge in [0.1, 0.15) is 0 Å². The zero-order chi connectivity index (χ0) is 13.7. The monoisotopic (exact) mass is 263 g/mol. The fourth-order valence-corrected chi connectivity index (χ4v) is 2.81. The van der Waals surface area contributed by atoms with Crippen molar-refractivity contribution in [3.05, 3.63) is 35.9 Å². The van der Waals surface area contributed by atoms with Crippen molar-refractivity contribution in [2.45, 2.75) is 32.0 Å². The molecule has 0 bridgehead atoms. The highest BCUT2D eigenvalue weighted by Crippen LogP contribution is 2.23. The number of aliphatic hydroxyl groups excluding tert-OH is 1. The maximum atomic E-state index is 10.4. The van der Waals surface area contributed by atoms with Crippen molar-refractivity contribution in [1.29, 1.82) is 0 Å². The van der Waals surface area contributed by atoms with Gasteiger partial charge in [0.15, 0.2) is 0 Å². The number of methoxy groups -OCH3 is 1. The third kappa shape index (κ3) is 4.03. The highest BCUT2D eigenvalue weighted by Gasteiger charge is 2.23. The Bertz CT molecular complexity index is 360. The Labute approximate surface area is 116 Å². The molecule has 0 spiro atoms.